The molecule has 0 spiro atoms. The van der Waals surface area contributed by atoms with Gasteiger partial charge in [-0.05, 0) is 26.5 Å². The van der Waals surface area contributed by atoms with E-state index in [2.05, 4.69) is 0 Å². The van der Waals surface area contributed by atoms with E-state index in [0.717, 1.165) is 0 Å². The number of benzene rings is 1. The zero-order valence-electron chi connectivity index (χ0n) is 11.8. The molecule has 0 radical (unpaired) electrons. The standard InChI is InChI=1S/C14H21FN2O2S/c1-10(16)14(12-5-3-4-6-13(12)15)17(2)11-7-8-20(18,19)9-11/h3-6,10-11,14H,7-9,16H2,1-2H3. The molecule has 1 aliphatic rings. The van der Waals surface area contributed by atoms with Crippen molar-refractivity contribution in [2.24, 2.45) is 5.73 Å². The third-order valence-electron chi connectivity index (χ3n) is 3.95. The molecule has 0 aliphatic carbocycles. The van der Waals surface area contributed by atoms with E-state index in [9.17, 15) is 12.8 Å². The van der Waals surface area contributed by atoms with E-state index < -0.39 is 9.84 Å². The highest BCUT2D eigenvalue weighted by atomic mass is 32.2. The van der Waals surface area contributed by atoms with Gasteiger partial charge in [0.25, 0.3) is 0 Å². The summed E-state index contributed by atoms with van der Waals surface area (Å²) in [4.78, 5) is 1.91. The van der Waals surface area contributed by atoms with Crippen LogP contribution in [0.3, 0.4) is 0 Å². The molecule has 1 fully saturated rings. The van der Waals surface area contributed by atoms with Crippen molar-refractivity contribution in [1.82, 2.24) is 4.90 Å². The Kier molecular flexibility index (Phi) is 4.46. The fraction of sp³-hybridized carbons (Fsp3) is 0.571. The zero-order valence-corrected chi connectivity index (χ0v) is 12.6. The van der Waals surface area contributed by atoms with Gasteiger partial charge in [0.2, 0.25) is 0 Å². The Morgan fingerprint density at radius 3 is 2.55 bits per heavy atom. The number of halogens is 1. The van der Waals surface area contributed by atoms with Crippen LogP contribution in [0.2, 0.25) is 0 Å². The Balaban J connectivity index is 2.28. The summed E-state index contributed by atoms with van der Waals surface area (Å²) in [5.41, 5.74) is 6.54. The molecule has 6 heteroatoms. The average Bonchev–Trinajstić information content (AvgIpc) is 2.72. The molecule has 20 heavy (non-hydrogen) atoms. The average molecular weight is 300 g/mol. The molecule has 0 aromatic heterocycles. The Morgan fingerprint density at radius 2 is 2.05 bits per heavy atom. The highest BCUT2D eigenvalue weighted by Gasteiger charge is 2.35. The second-order valence-electron chi connectivity index (χ2n) is 5.55. The molecule has 112 valence electrons. The van der Waals surface area contributed by atoms with Crippen molar-refractivity contribution in [3.63, 3.8) is 0 Å². The van der Waals surface area contributed by atoms with Crippen LogP contribution in [0.25, 0.3) is 0 Å². The van der Waals surface area contributed by atoms with Gasteiger partial charge in [-0.15, -0.1) is 0 Å². The first kappa shape index (κ1) is 15.4. The Hall–Kier alpha value is -0.980. The molecule has 0 saturated carbocycles. The van der Waals surface area contributed by atoms with E-state index in [4.69, 9.17) is 5.73 Å². The van der Waals surface area contributed by atoms with Crippen molar-refractivity contribution >= 4 is 9.84 Å². The van der Waals surface area contributed by atoms with Gasteiger partial charge in [0.05, 0.1) is 17.5 Å². The van der Waals surface area contributed by atoms with E-state index in [1.165, 1.54) is 6.07 Å². The van der Waals surface area contributed by atoms with Crippen LogP contribution < -0.4 is 5.73 Å². The molecule has 4 nitrogen and oxygen atoms in total. The number of rotatable bonds is 4. The van der Waals surface area contributed by atoms with E-state index in [-0.39, 0.29) is 35.4 Å². The van der Waals surface area contributed by atoms with E-state index in [0.29, 0.717) is 12.0 Å². The molecule has 1 aliphatic heterocycles. The number of nitrogens with two attached hydrogens (primary N) is 1. The summed E-state index contributed by atoms with van der Waals surface area (Å²) >= 11 is 0. The second kappa shape index (κ2) is 5.79. The van der Waals surface area contributed by atoms with Gasteiger partial charge < -0.3 is 5.73 Å². The number of hydrogen-bond donors (Lipinski definition) is 1. The molecule has 0 bridgehead atoms. The van der Waals surface area contributed by atoms with Crippen LogP contribution in [0.1, 0.15) is 24.9 Å². The first-order chi connectivity index (χ1) is 9.32. The monoisotopic (exact) mass is 300 g/mol. The van der Waals surface area contributed by atoms with Gasteiger partial charge in [-0.2, -0.15) is 0 Å². The summed E-state index contributed by atoms with van der Waals surface area (Å²) in [6.07, 6.45) is 0.580. The second-order valence-corrected chi connectivity index (χ2v) is 7.78. The molecule has 1 heterocycles. The zero-order chi connectivity index (χ0) is 14.9. The van der Waals surface area contributed by atoms with Gasteiger partial charge in [0.15, 0.2) is 9.84 Å². The maximum Gasteiger partial charge on any atom is 0.151 e. The van der Waals surface area contributed by atoms with Crippen molar-refractivity contribution in [1.29, 1.82) is 0 Å². The lowest BCUT2D eigenvalue weighted by atomic mass is 9.97. The Bertz CT molecular complexity index is 574. The molecule has 0 amide bonds. The van der Waals surface area contributed by atoms with E-state index in [1.807, 2.05) is 18.9 Å². The van der Waals surface area contributed by atoms with Crippen LogP contribution in [0.15, 0.2) is 24.3 Å². The van der Waals surface area contributed by atoms with Gasteiger partial charge in [0.1, 0.15) is 5.82 Å². The smallest absolute Gasteiger partial charge is 0.151 e. The summed E-state index contributed by atoms with van der Waals surface area (Å²) in [6, 6.07) is 5.81. The molecule has 1 saturated heterocycles. The predicted octanol–water partition coefficient (Wildman–Crippen LogP) is 1.33. The minimum absolute atomic E-state index is 0.101. The summed E-state index contributed by atoms with van der Waals surface area (Å²) in [5, 5.41) is 0. The fourth-order valence-electron chi connectivity index (χ4n) is 2.91. The number of hydrogen-bond acceptors (Lipinski definition) is 4. The van der Waals surface area contributed by atoms with Crippen LogP contribution in [0, 0.1) is 5.82 Å². The van der Waals surface area contributed by atoms with E-state index in [1.54, 1.807) is 18.2 Å². The summed E-state index contributed by atoms with van der Waals surface area (Å²) in [5.74, 6) is 0.0223. The SMILES string of the molecule is CC(N)C(c1ccccc1F)N(C)C1CCS(=O)(=O)C1. The molecule has 1 aromatic rings. The van der Waals surface area contributed by atoms with Crippen molar-refractivity contribution < 1.29 is 12.8 Å². The van der Waals surface area contributed by atoms with Gasteiger partial charge in [-0.3, -0.25) is 4.90 Å². The molecule has 2 N–H and O–H groups in total. The van der Waals surface area contributed by atoms with Crippen molar-refractivity contribution in [2.75, 3.05) is 18.6 Å². The van der Waals surface area contributed by atoms with Crippen molar-refractivity contribution in [3.05, 3.63) is 35.6 Å². The highest BCUT2D eigenvalue weighted by Crippen LogP contribution is 2.29. The van der Waals surface area contributed by atoms with Crippen LogP contribution in [-0.4, -0.2) is 44.0 Å². The van der Waals surface area contributed by atoms with Gasteiger partial charge in [-0.25, -0.2) is 12.8 Å². The summed E-state index contributed by atoms with van der Waals surface area (Å²) < 4.78 is 37.2. The predicted molar refractivity (Wildman–Crippen MR) is 77.6 cm³/mol. The summed E-state index contributed by atoms with van der Waals surface area (Å²) in [6.45, 7) is 1.82. The maximum absolute atomic E-state index is 14.0. The summed E-state index contributed by atoms with van der Waals surface area (Å²) in [7, 11) is -1.14. The van der Waals surface area contributed by atoms with Crippen LogP contribution in [0.5, 0.6) is 0 Å². The van der Waals surface area contributed by atoms with E-state index >= 15 is 0 Å². The lowest BCUT2D eigenvalue weighted by molar-refractivity contribution is 0.165. The highest BCUT2D eigenvalue weighted by molar-refractivity contribution is 7.91. The quantitative estimate of drug-likeness (QED) is 0.911. The van der Waals surface area contributed by atoms with Crippen LogP contribution in [-0.2, 0) is 9.84 Å². The largest absolute Gasteiger partial charge is 0.326 e. The Labute approximate surface area is 119 Å². The lowest BCUT2D eigenvalue weighted by Gasteiger charge is -2.35. The topological polar surface area (TPSA) is 63.4 Å². The van der Waals surface area contributed by atoms with Gasteiger partial charge in [0, 0.05) is 17.6 Å². The maximum atomic E-state index is 14.0. The third-order valence-corrected chi connectivity index (χ3v) is 5.70. The van der Waals surface area contributed by atoms with Gasteiger partial charge >= 0.3 is 0 Å². The van der Waals surface area contributed by atoms with Gasteiger partial charge in [-0.1, -0.05) is 18.2 Å². The number of sulfone groups is 1. The molecular formula is C14H21FN2O2S. The molecule has 3 atom stereocenters. The van der Waals surface area contributed by atoms with Crippen molar-refractivity contribution in [3.8, 4) is 0 Å². The third kappa shape index (κ3) is 3.19. The van der Waals surface area contributed by atoms with Crippen LogP contribution in [0.4, 0.5) is 4.39 Å². The number of nitrogens with zero attached hydrogens (tertiary/aromatic N) is 1. The lowest BCUT2D eigenvalue weighted by Crippen LogP contribution is -2.43. The molecule has 1 aromatic carbocycles. The molecular weight excluding hydrogens is 279 g/mol. The first-order valence-electron chi connectivity index (χ1n) is 6.74. The normalized spacial score (nSPS) is 24.8. The Morgan fingerprint density at radius 1 is 1.40 bits per heavy atom. The number of likely N-dealkylation sites (N-methyl/N-ethyl adjacent to an activating group) is 1. The molecule has 2 rings (SSSR count). The van der Waals surface area contributed by atoms with Crippen molar-refractivity contribution in [2.45, 2.75) is 31.5 Å². The first-order valence-corrected chi connectivity index (χ1v) is 8.56. The van der Waals surface area contributed by atoms with Crippen LogP contribution >= 0.6 is 0 Å². The molecule has 3 unspecified atom stereocenters. The fourth-order valence-corrected chi connectivity index (χ4v) is 4.70. The minimum atomic E-state index is -2.97. The minimum Gasteiger partial charge on any atom is -0.326 e.